The van der Waals surface area contributed by atoms with Crippen molar-refractivity contribution in [3.8, 4) is 0 Å². The fourth-order valence-electron chi connectivity index (χ4n) is 2.34. The molecule has 1 aromatic rings. The molecule has 0 saturated carbocycles. The fraction of sp³-hybridized carbons (Fsp3) is 0.231. The highest BCUT2D eigenvalue weighted by Crippen LogP contribution is 2.37. The van der Waals surface area contributed by atoms with Gasteiger partial charge in [0.25, 0.3) is 17.7 Å². The maximum atomic E-state index is 11.9. The highest BCUT2D eigenvalue weighted by Gasteiger charge is 2.50. The third-order valence-electron chi connectivity index (χ3n) is 3.44. The summed E-state index contributed by atoms with van der Waals surface area (Å²) in [5.74, 6) is -2.11. The van der Waals surface area contributed by atoms with Gasteiger partial charge in [0.1, 0.15) is 5.38 Å². The van der Waals surface area contributed by atoms with Crippen molar-refractivity contribution in [2.45, 2.75) is 17.5 Å². The zero-order valence-corrected chi connectivity index (χ0v) is 11.8. The Balaban J connectivity index is 1.79. The second-order valence-corrected chi connectivity index (χ2v) is 5.31. The van der Waals surface area contributed by atoms with E-state index in [4.69, 9.17) is 11.6 Å². The summed E-state index contributed by atoms with van der Waals surface area (Å²) in [4.78, 5) is 46.3. The Kier molecular flexibility index (Phi) is 3.55. The molecule has 0 radical (unpaired) electrons. The molecule has 2 heterocycles. The predicted molar refractivity (Wildman–Crippen MR) is 74.3 cm³/mol. The van der Waals surface area contributed by atoms with Crippen molar-refractivity contribution in [1.29, 1.82) is 0 Å². The quantitative estimate of drug-likeness (QED) is 0.392. The third kappa shape index (κ3) is 2.32. The first kappa shape index (κ1) is 14.5. The van der Waals surface area contributed by atoms with Gasteiger partial charge in [0.15, 0.2) is 6.04 Å². The molecule has 2 unspecified atom stereocenters. The van der Waals surface area contributed by atoms with Gasteiger partial charge >= 0.3 is 6.03 Å². The Labute approximate surface area is 129 Å². The van der Waals surface area contributed by atoms with E-state index in [1.165, 1.54) is 0 Å². The number of nitrogens with zero attached hydrogens (tertiary/aromatic N) is 1. The maximum Gasteiger partial charge on any atom is 0.328 e. The van der Waals surface area contributed by atoms with Gasteiger partial charge in [-0.15, -0.1) is 11.6 Å². The Hall–Kier alpha value is -2.45. The summed E-state index contributed by atoms with van der Waals surface area (Å²) < 4.78 is 0. The van der Waals surface area contributed by atoms with Crippen LogP contribution in [0.15, 0.2) is 30.3 Å². The third-order valence-corrected chi connectivity index (χ3v) is 3.86. The van der Waals surface area contributed by atoms with E-state index in [1.807, 2.05) is 16.7 Å². The summed E-state index contributed by atoms with van der Waals surface area (Å²) in [6.45, 7) is 0. The number of rotatable bonds is 3. The first-order chi connectivity index (χ1) is 10.5. The molecule has 5 amide bonds. The van der Waals surface area contributed by atoms with E-state index in [1.54, 1.807) is 24.3 Å². The van der Waals surface area contributed by atoms with Gasteiger partial charge in [-0.25, -0.2) is 10.2 Å². The number of hydrazine groups is 1. The van der Waals surface area contributed by atoms with Crippen LogP contribution in [0, 0.1) is 0 Å². The van der Waals surface area contributed by atoms with Crippen molar-refractivity contribution in [2.75, 3.05) is 0 Å². The smallest absolute Gasteiger partial charge is 0.276 e. The summed E-state index contributed by atoms with van der Waals surface area (Å²) in [5, 5.41) is 4.25. The van der Waals surface area contributed by atoms with E-state index in [2.05, 4.69) is 5.43 Å². The lowest BCUT2D eigenvalue weighted by molar-refractivity contribution is -0.155. The van der Waals surface area contributed by atoms with Crippen LogP contribution in [-0.2, 0) is 14.4 Å². The van der Waals surface area contributed by atoms with Crippen molar-refractivity contribution in [2.24, 2.45) is 0 Å². The second kappa shape index (κ2) is 5.39. The lowest BCUT2D eigenvalue weighted by Gasteiger charge is -2.45. The Morgan fingerprint density at radius 3 is 2.18 bits per heavy atom. The topological polar surface area (TPSA) is 108 Å². The summed E-state index contributed by atoms with van der Waals surface area (Å²) in [6.07, 6.45) is 0. The average Bonchev–Trinajstić information content (AvgIpc) is 2.49. The highest BCUT2D eigenvalue weighted by molar-refractivity contribution is 6.33. The number of carbonyl (C=O) groups is 4. The molecule has 2 aliphatic heterocycles. The van der Waals surface area contributed by atoms with Gasteiger partial charge in [-0.05, 0) is 5.56 Å². The number of imide groups is 2. The summed E-state index contributed by atoms with van der Waals surface area (Å²) >= 11 is 6.02. The molecular weight excluding hydrogens is 312 g/mol. The minimum Gasteiger partial charge on any atom is -0.276 e. The van der Waals surface area contributed by atoms with Crippen molar-refractivity contribution in [3.05, 3.63) is 35.9 Å². The molecule has 2 saturated heterocycles. The molecule has 9 heteroatoms. The second-order valence-electron chi connectivity index (χ2n) is 4.84. The number of benzene rings is 1. The predicted octanol–water partition coefficient (Wildman–Crippen LogP) is -0.583. The van der Waals surface area contributed by atoms with Gasteiger partial charge in [-0.2, -0.15) is 0 Å². The molecule has 0 spiro atoms. The molecule has 0 bridgehead atoms. The number of hydrogen-bond acceptors (Lipinski definition) is 5. The van der Waals surface area contributed by atoms with Gasteiger partial charge < -0.3 is 0 Å². The number of urea groups is 1. The molecule has 2 aliphatic rings. The summed E-state index contributed by atoms with van der Waals surface area (Å²) in [5.41, 5.74) is 3.29. The monoisotopic (exact) mass is 322 g/mol. The number of barbiturate groups is 1. The van der Waals surface area contributed by atoms with Crippen LogP contribution in [-0.4, -0.2) is 40.2 Å². The summed E-state index contributed by atoms with van der Waals surface area (Å²) in [6, 6.07) is 6.19. The van der Waals surface area contributed by atoms with Crippen LogP contribution >= 0.6 is 11.6 Å². The molecule has 114 valence electrons. The van der Waals surface area contributed by atoms with Gasteiger partial charge in [0, 0.05) is 0 Å². The van der Waals surface area contributed by atoms with E-state index in [9.17, 15) is 19.2 Å². The number of carbonyl (C=O) groups excluding carboxylic acids is 4. The molecule has 2 fully saturated rings. The zero-order chi connectivity index (χ0) is 15.9. The van der Waals surface area contributed by atoms with E-state index in [-0.39, 0.29) is 0 Å². The SMILES string of the molecule is O=C1NC(=O)C(NN2C(=O)C(Cl)C2c2ccccc2)C(=O)N1. The zero-order valence-electron chi connectivity index (χ0n) is 11.1. The van der Waals surface area contributed by atoms with Crippen LogP contribution in [0.25, 0.3) is 0 Å². The van der Waals surface area contributed by atoms with Crippen molar-refractivity contribution >= 4 is 35.4 Å². The van der Waals surface area contributed by atoms with Crippen molar-refractivity contribution in [1.82, 2.24) is 21.1 Å². The van der Waals surface area contributed by atoms with E-state index in [0.717, 1.165) is 10.6 Å². The highest BCUT2D eigenvalue weighted by atomic mass is 35.5. The average molecular weight is 323 g/mol. The van der Waals surface area contributed by atoms with Gasteiger partial charge in [0.05, 0.1) is 6.04 Å². The number of amides is 5. The lowest BCUT2D eigenvalue weighted by atomic mass is 9.95. The molecule has 3 rings (SSSR count). The first-order valence-electron chi connectivity index (χ1n) is 6.43. The number of nitrogens with one attached hydrogen (secondary N) is 3. The molecule has 0 aromatic heterocycles. The Bertz CT molecular complexity index is 645. The number of alkyl halides is 1. The van der Waals surface area contributed by atoms with Crippen molar-refractivity contribution < 1.29 is 19.2 Å². The van der Waals surface area contributed by atoms with E-state index >= 15 is 0 Å². The molecule has 3 N–H and O–H groups in total. The summed E-state index contributed by atoms with van der Waals surface area (Å²) in [7, 11) is 0. The Morgan fingerprint density at radius 1 is 1.00 bits per heavy atom. The minimum absolute atomic E-state index is 0.451. The van der Waals surface area contributed by atoms with Crippen LogP contribution in [0.4, 0.5) is 4.79 Å². The molecule has 22 heavy (non-hydrogen) atoms. The molecule has 2 atom stereocenters. The number of β-lactam (4-membered cyclic amide) rings is 1. The van der Waals surface area contributed by atoms with Crippen LogP contribution in [0.1, 0.15) is 11.6 Å². The van der Waals surface area contributed by atoms with Gasteiger partial charge in [-0.3, -0.25) is 30.0 Å². The molecule has 8 nitrogen and oxygen atoms in total. The fourth-order valence-corrected chi connectivity index (χ4v) is 2.70. The normalized spacial score (nSPS) is 25.6. The molecule has 0 aliphatic carbocycles. The van der Waals surface area contributed by atoms with Crippen molar-refractivity contribution in [3.63, 3.8) is 0 Å². The molecule has 1 aromatic carbocycles. The van der Waals surface area contributed by atoms with E-state index < -0.39 is 41.2 Å². The van der Waals surface area contributed by atoms with Crippen LogP contribution in [0.2, 0.25) is 0 Å². The number of halogens is 1. The Morgan fingerprint density at radius 2 is 1.59 bits per heavy atom. The van der Waals surface area contributed by atoms with Crippen LogP contribution < -0.4 is 16.1 Å². The van der Waals surface area contributed by atoms with Crippen LogP contribution in [0.5, 0.6) is 0 Å². The lowest BCUT2D eigenvalue weighted by Crippen LogP contribution is -2.71. The maximum absolute atomic E-state index is 11.9. The van der Waals surface area contributed by atoms with Gasteiger partial charge in [0.2, 0.25) is 0 Å². The number of hydrogen-bond donors (Lipinski definition) is 3. The van der Waals surface area contributed by atoms with E-state index in [0.29, 0.717) is 0 Å². The first-order valence-corrected chi connectivity index (χ1v) is 6.86. The van der Waals surface area contributed by atoms with Crippen LogP contribution in [0.3, 0.4) is 0 Å². The van der Waals surface area contributed by atoms with Gasteiger partial charge in [-0.1, -0.05) is 30.3 Å². The minimum atomic E-state index is -1.38. The molecular formula is C13H11ClN4O4. The standard InChI is InChI=1S/C13H11ClN4O4/c14-7-9(6-4-2-1-3-5-6)18(12(7)21)17-8-10(19)15-13(22)16-11(8)20/h1-5,7-9,17H,(H2,15,16,19,20,22). The largest absolute Gasteiger partial charge is 0.328 e.